The second kappa shape index (κ2) is 5.99. The third kappa shape index (κ3) is 3.47. The Bertz CT molecular complexity index is 921. The molecule has 1 amide bonds. The first-order valence-corrected chi connectivity index (χ1v) is 9.04. The average molecular weight is 348 g/mol. The molecule has 2 aromatic carbocycles. The molecule has 3 N–H and O–H groups in total. The van der Waals surface area contributed by atoms with E-state index in [1.807, 2.05) is 0 Å². The molecule has 0 aromatic heterocycles. The first-order chi connectivity index (χ1) is 11.3. The number of hydrogen-bond acceptors (Lipinski definition) is 3. The van der Waals surface area contributed by atoms with E-state index in [4.69, 9.17) is 5.14 Å². The lowest BCUT2D eigenvalue weighted by Gasteiger charge is -2.09. The number of benzene rings is 2. The van der Waals surface area contributed by atoms with Crippen molar-refractivity contribution in [1.82, 2.24) is 0 Å². The number of carbonyl (C=O) groups excluding carboxylic acids is 1. The highest BCUT2D eigenvalue weighted by Crippen LogP contribution is 2.41. The smallest absolute Gasteiger partial charge is 0.255 e. The number of rotatable bonds is 4. The number of amides is 1. The van der Waals surface area contributed by atoms with Crippen molar-refractivity contribution >= 4 is 21.6 Å². The van der Waals surface area contributed by atoms with E-state index in [2.05, 4.69) is 5.32 Å². The first kappa shape index (κ1) is 16.6. The van der Waals surface area contributed by atoms with Gasteiger partial charge in [0.2, 0.25) is 10.0 Å². The van der Waals surface area contributed by atoms with Crippen molar-refractivity contribution in [2.24, 2.45) is 5.14 Å². The second-order valence-corrected chi connectivity index (χ2v) is 7.52. The molecule has 1 fully saturated rings. The van der Waals surface area contributed by atoms with Crippen molar-refractivity contribution in [3.8, 4) is 0 Å². The van der Waals surface area contributed by atoms with E-state index >= 15 is 0 Å². The molecule has 0 unspecified atom stereocenters. The summed E-state index contributed by atoms with van der Waals surface area (Å²) in [6, 6.07) is 8.81. The van der Waals surface area contributed by atoms with Gasteiger partial charge in [0.05, 0.1) is 4.90 Å². The number of aryl methyl sites for hydroxylation is 1. The molecular formula is C17H17FN2O3S. The quantitative estimate of drug-likeness (QED) is 0.890. The Morgan fingerprint density at radius 1 is 1.21 bits per heavy atom. The molecule has 7 heteroatoms. The molecule has 0 heterocycles. The molecule has 24 heavy (non-hydrogen) atoms. The van der Waals surface area contributed by atoms with Gasteiger partial charge in [0.15, 0.2) is 0 Å². The molecule has 0 bridgehead atoms. The molecule has 2 aromatic rings. The minimum absolute atomic E-state index is 0.106. The number of primary sulfonamides is 1. The van der Waals surface area contributed by atoms with Gasteiger partial charge in [-0.2, -0.15) is 0 Å². The highest BCUT2D eigenvalue weighted by Gasteiger charge is 2.26. The number of nitrogens with one attached hydrogen (secondary N) is 1. The molecule has 1 saturated carbocycles. The van der Waals surface area contributed by atoms with E-state index in [0.29, 0.717) is 16.8 Å². The monoisotopic (exact) mass is 348 g/mol. The molecule has 3 rings (SSSR count). The summed E-state index contributed by atoms with van der Waals surface area (Å²) in [5.74, 6) is -0.591. The summed E-state index contributed by atoms with van der Waals surface area (Å²) in [6.07, 6.45) is 1.98. The topological polar surface area (TPSA) is 89.3 Å². The lowest BCUT2D eigenvalue weighted by atomic mass is 10.1. The zero-order chi connectivity index (χ0) is 17.5. The third-order valence-corrected chi connectivity index (χ3v) is 5.09. The van der Waals surface area contributed by atoms with Gasteiger partial charge in [-0.25, -0.2) is 17.9 Å². The molecule has 126 valence electrons. The third-order valence-electron chi connectivity index (χ3n) is 4.03. The fourth-order valence-electron chi connectivity index (χ4n) is 2.58. The maximum atomic E-state index is 14.0. The highest BCUT2D eigenvalue weighted by molar-refractivity contribution is 7.89. The zero-order valence-corrected chi connectivity index (χ0v) is 13.9. The van der Waals surface area contributed by atoms with Crippen LogP contribution in [0.4, 0.5) is 10.1 Å². The Hall–Kier alpha value is -2.25. The van der Waals surface area contributed by atoms with E-state index in [9.17, 15) is 17.6 Å². The van der Waals surface area contributed by atoms with Crippen LogP contribution in [0, 0.1) is 12.7 Å². The van der Waals surface area contributed by atoms with E-state index in [1.54, 1.807) is 19.1 Å². The van der Waals surface area contributed by atoms with E-state index in [0.717, 1.165) is 12.8 Å². The van der Waals surface area contributed by atoms with Gasteiger partial charge < -0.3 is 5.32 Å². The van der Waals surface area contributed by atoms with Gasteiger partial charge in [-0.15, -0.1) is 0 Å². The largest absolute Gasteiger partial charge is 0.322 e. The first-order valence-electron chi connectivity index (χ1n) is 7.50. The van der Waals surface area contributed by atoms with Crippen LogP contribution in [0.5, 0.6) is 0 Å². The molecule has 0 spiro atoms. The number of nitrogens with two attached hydrogens (primary N) is 1. The minimum atomic E-state index is -3.92. The summed E-state index contributed by atoms with van der Waals surface area (Å²) in [4.78, 5) is 12.2. The zero-order valence-electron chi connectivity index (χ0n) is 13.0. The highest BCUT2D eigenvalue weighted by atomic mass is 32.2. The van der Waals surface area contributed by atoms with Gasteiger partial charge in [0.1, 0.15) is 5.82 Å². The van der Waals surface area contributed by atoms with Gasteiger partial charge >= 0.3 is 0 Å². The van der Waals surface area contributed by atoms with Gasteiger partial charge in [-0.3, -0.25) is 4.79 Å². The van der Waals surface area contributed by atoms with Crippen LogP contribution in [0.2, 0.25) is 0 Å². The van der Waals surface area contributed by atoms with Crippen molar-refractivity contribution < 1.29 is 17.6 Å². The Labute approximate surface area is 139 Å². The lowest BCUT2D eigenvalue weighted by molar-refractivity contribution is 0.102. The number of hydrogen-bond donors (Lipinski definition) is 2. The SMILES string of the molecule is Cc1ccc(C(=O)Nc2ccc(C3CC3)c(F)c2)cc1S(N)(=O)=O. The summed E-state index contributed by atoms with van der Waals surface area (Å²) >= 11 is 0. The summed E-state index contributed by atoms with van der Waals surface area (Å²) in [5.41, 5.74) is 1.57. The lowest BCUT2D eigenvalue weighted by Crippen LogP contribution is -2.17. The van der Waals surface area contributed by atoms with Crippen molar-refractivity contribution in [2.45, 2.75) is 30.6 Å². The van der Waals surface area contributed by atoms with Crippen LogP contribution in [0.1, 0.15) is 40.2 Å². The van der Waals surface area contributed by atoms with Crippen molar-refractivity contribution in [2.75, 3.05) is 5.32 Å². The van der Waals surface area contributed by atoms with E-state index < -0.39 is 15.9 Å². The van der Waals surface area contributed by atoms with Crippen LogP contribution in [-0.2, 0) is 10.0 Å². The standard InChI is InChI=1S/C17H17FN2O3S/c1-10-2-3-12(8-16(10)24(19,22)23)17(21)20-13-6-7-14(11-4-5-11)15(18)9-13/h2-3,6-9,11H,4-5H2,1H3,(H,20,21)(H2,19,22,23). The van der Waals surface area contributed by atoms with Crippen LogP contribution < -0.4 is 10.5 Å². The average Bonchev–Trinajstić information content (AvgIpc) is 3.31. The Morgan fingerprint density at radius 3 is 2.50 bits per heavy atom. The minimum Gasteiger partial charge on any atom is -0.322 e. The number of halogens is 1. The van der Waals surface area contributed by atoms with Gasteiger partial charge in [0, 0.05) is 11.3 Å². The molecule has 0 radical (unpaired) electrons. The summed E-state index contributed by atoms with van der Waals surface area (Å²) in [7, 11) is -3.92. The Balaban J connectivity index is 1.84. The molecule has 0 atom stereocenters. The summed E-state index contributed by atoms with van der Waals surface area (Å²) < 4.78 is 37.1. The van der Waals surface area contributed by atoms with Crippen LogP contribution in [0.25, 0.3) is 0 Å². The van der Waals surface area contributed by atoms with Gasteiger partial charge in [0.25, 0.3) is 5.91 Å². The predicted octanol–water partition coefficient (Wildman–Crippen LogP) is 2.91. The van der Waals surface area contributed by atoms with Crippen molar-refractivity contribution in [3.63, 3.8) is 0 Å². The van der Waals surface area contributed by atoms with Crippen molar-refractivity contribution in [3.05, 3.63) is 58.9 Å². The molecule has 0 aliphatic heterocycles. The summed E-state index contributed by atoms with van der Waals surface area (Å²) in [5, 5.41) is 7.71. The molecule has 1 aliphatic rings. The van der Waals surface area contributed by atoms with Gasteiger partial charge in [-0.05, 0) is 61.1 Å². The maximum Gasteiger partial charge on any atom is 0.255 e. The predicted molar refractivity (Wildman–Crippen MR) is 88.9 cm³/mol. The van der Waals surface area contributed by atoms with Crippen molar-refractivity contribution in [1.29, 1.82) is 0 Å². The summed E-state index contributed by atoms with van der Waals surface area (Å²) in [6.45, 7) is 1.59. The second-order valence-electron chi connectivity index (χ2n) is 5.99. The fraction of sp³-hybridized carbons (Fsp3) is 0.235. The number of anilines is 1. The Kier molecular flexibility index (Phi) is 4.15. The van der Waals surface area contributed by atoms with Crippen LogP contribution >= 0.6 is 0 Å². The van der Waals surface area contributed by atoms with E-state index in [-0.39, 0.29) is 22.2 Å². The number of carbonyl (C=O) groups is 1. The Morgan fingerprint density at radius 2 is 1.92 bits per heavy atom. The van der Waals surface area contributed by atoms with Crippen LogP contribution in [0.15, 0.2) is 41.3 Å². The molecule has 0 saturated heterocycles. The van der Waals surface area contributed by atoms with Crippen LogP contribution in [0.3, 0.4) is 0 Å². The maximum absolute atomic E-state index is 14.0. The van der Waals surface area contributed by atoms with Crippen LogP contribution in [-0.4, -0.2) is 14.3 Å². The molecular weight excluding hydrogens is 331 g/mol. The molecule has 1 aliphatic carbocycles. The van der Waals surface area contributed by atoms with E-state index in [1.165, 1.54) is 24.3 Å². The number of sulfonamides is 1. The fourth-order valence-corrected chi connectivity index (χ4v) is 3.39. The van der Waals surface area contributed by atoms with Gasteiger partial charge in [-0.1, -0.05) is 12.1 Å². The molecule has 5 nitrogen and oxygen atoms in total. The normalized spacial score (nSPS) is 14.5.